The summed E-state index contributed by atoms with van der Waals surface area (Å²) in [5, 5.41) is 13.7. The molecule has 1 aromatic heterocycles. The van der Waals surface area contributed by atoms with Crippen molar-refractivity contribution in [2.45, 2.75) is 12.8 Å². The quantitative estimate of drug-likeness (QED) is 0.220. The SMILES string of the molecule is COc1cc(C=Nn2c(-c3cccc(C(F)(F)F)c3)nc3ccccc3c2=O)ccc1OCc1cccc(C(=O)O)c1. The molecule has 0 aliphatic heterocycles. The van der Waals surface area contributed by atoms with Crippen molar-refractivity contribution in [1.29, 1.82) is 0 Å². The van der Waals surface area contributed by atoms with Crippen LogP contribution in [0.25, 0.3) is 22.3 Å². The smallest absolute Gasteiger partial charge is 0.416 e. The topological polar surface area (TPSA) is 103 Å². The highest BCUT2D eigenvalue weighted by molar-refractivity contribution is 5.87. The van der Waals surface area contributed by atoms with Crippen LogP contribution in [0.5, 0.6) is 11.5 Å². The van der Waals surface area contributed by atoms with E-state index in [0.29, 0.717) is 28.1 Å². The van der Waals surface area contributed by atoms with Crippen LogP contribution in [0, 0.1) is 0 Å². The average Bonchev–Trinajstić information content (AvgIpc) is 2.99. The summed E-state index contributed by atoms with van der Waals surface area (Å²) in [5.41, 5.74) is 0.233. The van der Waals surface area contributed by atoms with E-state index in [1.54, 1.807) is 54.6 Å². The summed E-state index contributed by atoms with van der Waals surface area (Å²) >= 11 is 0. The fourth-order valence-corrected chi connectivity index (χ4v) is 4.22. The third-order valence-electron chi connectivity index (χ3n) is 6.28. The molecule has 5 rings (SSSR count). The first-order chi connectivity index (χ1) is 20.1. The van der Waals surface area contributed by atoms with Gasteiger partial charge in [0.1, 0.15) is 6.61 Å². The predicted octanol–water partition coefficient (Wildman–Crippen LogP) is 6.25. The van der Waals surface area contributed by atoms with Crippen LogP contribution in [0.1, 0.15) is 27.0 Å². The zero-order valence-corrected chi connectivity index (χ0v) is 22.0. The van der Waals surface area contributed by atoms with Crippen LogP contribution >= 0.6 is 0 Å². The molecule has 0 radical (unpaired) electrons. The Labute approximate surface area is 236 Å². The number of alkyl halides is 3. The van der Waals surface area contributed by atoms with Gasteiger partial charge >= 0.3 is 12.1 Å². The van der Waals surface area contributed by atoms with E-state index in [0.717, 1.165) is 16.8 Å². The fraction of sp³-hybridized carbons (Fsp3) is 0.0968. The summed E-state index contributed by atoms with van der Waals surface area (Å²) in [6.45, 7) is 0.0867. The number of aromatic carboxylic acids is 1. The molecule has 0 aliphatic rings. The number of carbonyl (C=O) groups is 1. The second-order valence-corrected chi connectivity index (χ2v) is 9.10. The molecule has 1 heterocycles. The molecule has 0 aliphatic carbocycles. The average molecular weight is 574 g/mol. The number of rotatable bonds is 8. The molecule has 5 aromatic rings. The second-order valence-electron chi connectivity index (χ2n) is 9.10. The van der Waals surface area contributed by atoms with Gasteiger partial charge in [0.25, 0.3) is 5.56 Å². The van der Waals surface area contributed by atoms with Gasteiger partial charge in [0.05, 0.1) is 35.4 Å². The molecule has 11 heteroatoms. The molecule has 42 heavy (non-hydrogen) atoms. The zero-order chi connectivity index (χ0) is 29.9. The van der Waals surface area contributed by atoms with Crippen LogP contribution in [-0.2, 0) is 12.8 Å². The Morgan fingerprint density at radius 3 is 2.52 bits per heavy atom. The number of ether oxygens (including phenoxy) is 2. The minimum atomic E-state index is -4.58. The number of carboxylic acid groups (broad SMARTS) is 1. The molecule has 212 valence electrons. The van der Waals surface area contributed by atoms with E-state index < -0.39 is 23.3 Å². The summed E-state index contributed by atoms with van der Waals surface area (Å²) in [4.78, 5) is 29.1. The monoisotopic (exact) mass is 573 g/mol. The Hall–Kier alpha value is -5.45. The van der Waals surface area contributed by atoms with Crippen molar-refractivity contribution in [3.8, 4) is 22.9 Å². The number of hydrogen-bond donors (Lipinski definition) is 1. The number of aromatic nitrogens is 2. The Kier molecular flexibility index (Phi) is 7.74. The number of fused-ring (bicyclic) bond motifs is 1. The van der Waals surface area contributed by atoms with Crippen molar-refractivity contribution in [2.24, 2.45) is 5.10 Å². The van der Waals surface area contributed by atoms with Gasteiger partial charge in [-0.15, -0.1) is 0 Å². The van der Waals surface area contributed by atoms with Crippen LogP contribution in [0.15, 0.2) is 101 Å². The lowest BCUT2D eigenvalue weighted by atomic mass is 10.1. The summed E-state index contributed by atoms with van der Waals surface area (Å²) in [7, 11) is 1.44. The minimum absolute atomic E-state index is 0.0587. The maximum Gasteiger partial charge on any atom is 0.416 e. The van der Waals surface area contributed by atoms with E-state index >= 15 is 0 Å². The molecule has 0 saturated heterocycles. The van der Waals surface area contributed by atoms with Gasteiger partial charge in [-0.2, -0.15) is 22.9 Å². The summed E-state index contributed by atoms with van der Waals surface area (Å²) in [5.74, 6) is -0.383. The highest BCUT2D eigenvalue weighted by Gasteiger charge is 2.31. The lowest BCUT2D eigenvalue weighted by molar-refractivity contribution is -0.137. The van der Waals surface area contributed by atoms with E-state index in [1.807, 2.05) is 0 Å². The fourth-order valence-electron chi connectivity index (χ4n) is 4.22. The molecule has 0 atom stereocenters. The Morgan fingerprint density at radius 2 is 1.76 bits per heavy atom. The van der Waals surface area contributed by atoms with Gasteiger partial charge in [0, 0.05) is 5.56 Å². The van der Waals surface area contributed by atoms with Crippen LogP contribution in [-0.4, -0.2) is 34.1 Å². The number of carboxylic acids is 1. The van der Waals surface area contributed by atoms with Crippen LogP contribution in [0.2, 0.25) is 0 Å². The third-order valence-corrected chi connectivity index (χ3v) is 6.28. The highest BCUT2D eigenvalue weighted by atomic mass is 19.4. The molecular formula is C31H22F3N3O5. The Balaban J connectivity index is 1.49. The summed E-state index contributed by atoms with van der Waals surface area (Å²) in [6, 6.07) is 22.3. The molecule has 1 N–H and O–H groups in total. The lowest BCUT2D eigenvalue weighted by Crippen LogP contribution is -2.20. The number of hydrogen-bond acceptors (Lipinski definition) is 6. The van der Waals surface area contributed by atoms with E-state index in [4.69, 9.17) is 9.47 Å². The standard InChI is InChI=1S/C31H22F3N3O5/c1-41-27-15-19(12-13-26(27)42-18-20-6-4-8-22(14-20)30(39)40)17-35-37-28(21-7-5-9-23(16-21)31(32,33)34)36-25-11-3-2-10-24(25)29(37)38/h2-17H,18H2,1H3,(H,39,40). The number of benzene rings is 4. The van der Waals surface area contributed by atoms with Crippen molar-refractivity contribution >= 4 is 23.1 Å². The van der Waals surface area contributed by atoms with Crippen LogP contribution in [0.4, 0.5) is 13.2 Å². The van der Waals surface area contributed by atoms with Crippen molar-refractivity contribution in [2.75, 3.05) is 7.11 Å². The summed E-state index contributed by atoms with van der Waals surface area (Å²) in [6.07, 6.45) is -3.22. The first kappa shape index (κ1) is 28.1. The van der Waals surface area contributed by atoms with Crippen molar-refractivity contribution in [3.05, 3.63) is 124 Å². The number of halogens is 3. The van der Waals surface area contributed by atoms with Gasteiger partial charge < -0.3 is 14.6 Å². The number of methoxy groups -OCH3 is 1. The molecule has 0 bridgehead atoms. The minimum Gasteiger partial charge on any atom is -0.493 e. The zero-order valence-electron chi connectivity index (χ0n) is 22.0. The Bertz CT molecular complexity index is 1880. The maximum atomic E-state index is 13.4. The lowest BCUT2D eigenvalue weighted by Gasteiger charge is -2.13. The molecule has 0 spiro atoms. The van der Waals surface area contributed by atoms with Crippen molar-refractivity contribution in [1.82, 2.24) is 9.66 Å². The maximum absolute atomic E-state index is 13.4. The second kappa shape index (κ2) is 11.6. The van der Waals surface area contributed by atoms with Crippen molar-refractivity contribution in [3.63, 3.8) is 0 Å². The predicted molar refractivity (Wildman–Crippen MR) is 150 cm³/mol. The normalized spacial score (nSPS) is 11.6. The number of para-hydroxylation sites is 1. The van der Waals surface area contributed by atoms with Gasteiger partial charge in [-0.05, 0) is 65.7 Å². The number of nitrogens with zero attached hydrogens (tertiary/aromatic N) is 3. The van der Waals surface area contributed by atoms with Gasteiger partial charge in [-0.1, -0.05) is 36.4 Å². The van der Waals surface area contributed by atoms with E-state index in [9.17, 15) is 27.9 Å². The highest BCUT2D eigenvalue weighted by Crippen LogP contribution is 2.32. The van der Waals surface area contributed by atoms with E-state index in [-0.39, 0.29) is 28.9 Å². The molecule has 0 amide bonds. The van der Waals surface area contributed by atoms with Gasteiger partial charge in [0.15, 0.2) is 17.3 Å². The summed E-state index contributed by atoms with van der Waals surface area (Å²) < 4.78 is 52.5. The van der Waals surface area contributed by atoms with Gasteiger partial charge in [-0.25, -0.2) is 9.78 Å². The third kappa shape index (κ3) is 5.99. The molecule has 0 unspecified atom stereocenters. The molecule has 4 aromatic carbocycles. The first-order valence-corrected chi connectivity index (χ1v) is 12.5. The van der Waals surface area contributed by atoms with E-state index in [2.05, 4.69) is 10.1 Å². The first-order valence-electron chi connectivity index (χ1n) is 12.5. The Morgan fingerprint density at radius 1 is 0.976 bits per heavy atom. The van der Waals surface area contributed by atoms with Crippen LogP contribution in [0.3, 0.4) is 0 Å². The van der Waals surface area contributed by atoms with Crippen LogP contribution < -0.4 is 15.0 Å². The largest absolute Gasteiger partial charge is 0.493 e. The van der Waals surface area contributed by atoms with Gasteiger partial charge in [-0.3, -0.25) is 4.79 Å². The molecule has 0 fully saturated rings. The molecular weight excluding hydrogens is 551 g/mol. The molecule has 8 nitrogen and oxygen atoms in total. The van der Waals surface area contributed by atoms with Crippen molar-refractivity contribution < 1.29 is 32.5 Å². The molecule has 0 saturated carbocycles. The van der Waals surface area contributed by atoms with E-state index in [1.165, 1.54) is 37.6 Å². The van der Waals surface area contributed by atoms with Gasteiger partial charge in [0.2, 0.25) is 0 Å².